The number of carboxylic acid groups (broad SMARTS) is 1. The van der Waals surface area contributed by atoms with Crippen LogP contribution in [-0.4, -0.2) is 41.3 Å². The summed E-state index contributed by atoms with van der Waals surface area (Å²) in [6.45, 7) is 6.23. The lowest BCUT2D eigenvalue weighted by atomic mass is 9.85. The van der Waals surface area contributed by atoms with Crippen LogP contribution in [0.25, 0.3) is 0 Å². The third-order valence-electron chi connectivity index (χ3n) is 2.37. The third kappa shape index (κ3) is 2.61. The van der Waals surface area contributed by atoms with Gasteiger partial charge in [-0.15, -0.1) is 0 Å². The first-order valence-electron chi connectivity index (χ1n) is 5.00. The Morgan fingerprint density at radius 1 is 1.53 bits per heavy atom. The van der Waals surface area contributed by atoms with E-state index < -0.39 is 23.5 Å². The van der Waals surface area contributed by atoms with E-state index in [1.54, 1.807) is 20.8 Å². The van der Waals surface area contributed by atoms with E-state index in [9.17, 15) is 9.59 Å². The van der Waals surface area contributed by atoms with Crippen LogP contribution < -0.4 is 0 Å². The van der Waals surface area contributed by atoms with Gasteiger partial charge in [0.25, 0.3) is 0 Å². The summed E-state index contributed by atoms with van der Waals surface area (Å²) >= 11 is 0. The normalized spacial score (nSPS) is 19.7. The number of hydrogen-bond acceptors (Lipinski definition) is 3. The molecular weight excluding hydrogens is 198 g/mol. The van der Waals surface area contributed by atoms with E-state index in [0.717, 1.165) is 0 Å². The predicted octanol–water partition coefficient (Wildman–Crippen LogP) is 1.33. The highest BCUT2D eigenvalue weighted by Gasteiger charge is 2.40. The van der Waals surface area contributed by atoms with Crippen LogP contribution in [0, 0.1) is 5.41 Å². The number of carboxylic acids is 1. The van der Waals surface area contributed by atoms with Crippen molar-refractivity contribution in [2.24, 2.45) is 5.41 Å². The van der Waals surface area contributed by atoms with Crippen molar-refractivity contribution in [2.45, 2.75) is 33.2 Å². The molecular formula is C10H17NO4. The maximum atomic E-state index is 11.4. The Labute approximate surface area is 89.0 Å². The summed E-state index contributed by atoms with van der Waals surface area (Å²) in [6.07, 6.45) is 0.162. The Morgan fingerprint density at radius 2 is 2.13 bits per heavy atom. The van der Waals surface area contributed by atoms with Crippen molar-refractivity contribution in [2.75, 3.05) is 13.2 Å². The molecule has 0 spiro atoms. The highest BCUT2D eigenvalue weighted by molar-refractivity contribution is 5.81. The van der Waals surface area contributed by atoms with Gasteiger partial charge in [0, 0.05) is 6.54 Å². The molecule has 1 amide bonds. The zero-order valence-corrected chi connectivity index (χ0v) is 9.32. The van der Waals surface area contributed by atoms with E-state index in [2.05, 4.69) is 0 Å². The fourth-order valence-electron chi connectivity index (χ4n) is 1.77. The SMILES string of the molecule is CC(C)(C)C(C(=O)O)N1CCCOC1=O. The van der Waals surface area contributed by atoms with Gasteiger partial charge < -0.3 is 9.84 Å². The first-order valence-corrected chi connectivity index (χ1v) is 5.00. The molecule has 86 valence electrons. The van der Waals surface area contributed by atoms with E-state index in [-0.39, 0.29) is 0 Å². The molecule has 1 fully saturated rings. The maximum absolute atomic E-state index is 11.4. The van der Waals surface area contributed by atoms with Gasteiger partial charge in [0.15, 0.2) is 0 Å². The molecule has 1 aliphatic heterocycles. The molecule has 1 atom stereocenters. The fourth-order valence-corrected chi connectivity index (χ4v) is 1.77. The second-order valence-corrected chi connectivity index (χ2v) is 4.77. The van der Waals surface area contributed by atoms with Crippen LogP contribution in [0.15, 0.2) is 0 Å². The molecule has 0 aromatic carbocycles. The quantitative estimate of drug-likeness (QED) is 0.754. The highest BCUT2D eigenvalue weighted by atomic mass is 16.6. The van der Waals surface area contributed by atoms with Crippen molar-refractivity contribution in [1.29, 1.82) is 0 Å². The third-order valence-corrected chi connectivity index (χ3v) is 2.37. The van der Waals surface area contributed by atoms with Gasteiger partial charge in [0.05, 0.1) is 6.61 Å². The molecule has 0 radical (unpaired) electrons. The van der Waals surface area contributed by atoms with E-state index >= 15 is 0 Å². The van der Waals surface area contributed by atoms with Gasteiger partial charge in [-0.2, -0.15) is 0 Å². The summed E-state index contributed by atoms with van der Waals surface area (Å²) in [7, 11) is 0. The summed E-state index contributed by atoms with van der Waals surface area (Å²) in [5.41, 5.74) is -0.498. The van der Waals surface area contributed by atoms with Crippen LogP contribution in [0.5, 0.6) is 0 Å². The number of hydrogen-bond donors (Lipinski definition) is 1. The number of nitrogens with zero attached hydrogens (tertiary/aromatic N) is 1. The van der Waals surface area contributed by atoms with Crippen LogP contribution in [0.4, 0.5) is 4.79 Å². The molecule has 1 N–H and O–H groups in total. The molecule has 15 heavy (non-hydrogen) atoms. The smallest absolute Gasteiger partial charge is 0.410 e. The Hall–Kier alpha value is -1.26. The summed E-state index contributed by atoms with van der Waals surface area (Å²) < 4.78 is 4.84. The van der Waals surface area contributed by atoms with Gasteiger partial charge >= 0.3 is 12.1 Å². The van der Waals surface area contributed by atoms with Crippen molar-refractivity contribution in [3.05, 3.63) is 0 Å². The molecule has 0 bridgehead atoms. The number of ether oxygens (including phenoxy) is 1. The van der Waals surface area contributed by atoms with Gasteiger partial charge in [-0.1, -0.05) is 20.8 Å². The van der Waals surface area contributed by atoms with E-state index in [0.29, 0.717) is 19.6 Å². The summed E-state index contributed by atoms with van der Waals surface area (Å²) in [6, 6.07) is -0.828. The fraction of sp³-hybridized carbons (Fsp3) is 0.800. The molecule has 0 aromatic heterocycles. The zero-order chi connectivity index (χ0) is 11.6. The van der Waals surface area contributed by atoms with Crippen LogP contribution in [0.2, 0.25) is 0 Å². The summed E-state index contributed by atoms with van der Waals surface area (Å²) in [5.74, 6) is -0.985. The van der Waals surface area contributed by atoms with Crippen molar-refractivity contribution in [3.8, 4) is 0 Å². The number of rotatable bonds is 2. The maximum Gasteiger partial charge on any atom is 0.410 e. The van der Waals surface area contributed by atoms with E-state index in [1.807, 2.05) is 0 Å². The molecule has 1 saturated heterocycles. The van der Waals surface area contributed by atoms with Crippen LogP contribution in [-0.2, 0) is 9.53 Å². The number of amides is 1. The van der Waals surface area contributed by atoms with Crippen LogP contribution in [0.3, 0.4) is 0 Å². The predicted molar refractivity (Wildman–Crippen MR) is 53.5 cm³/mol. The molecule has 0 aromatic rings. The molecule has 5 nitrogen and oxygen atoms in total. The molecule has 0 saturated carbocycles. The highest BCUT2D eigenvalue weighted by Crippen LogP contribution is 2.26. The second kappa shape index (κ2) is 4.08. The lowest BCUT2D eigenvalue weighted by molar-refractivity contribution is -0.147. The Balaban J connectivity index is 2.88. The minimum atomic E-state index is -0.985. The standard InChI is InChI=1S/C10H17NO4/c1-10(2,3)7(8(12)13)11-5-4-6-15-9(11)14/h7H,4-6H2,1-3H3,(H,12,13). The number of carbonyl (C=O) groups excluding carboxylic acids is 1. The molecule has 5 heteroatoms. The van der Waals surface area contributed by atoms with Gasteiger partial charge in [-0.3, -0.25) is 4.90 Å². The van der Waals surface area contributed by atoms with Gasteiger partial charge in [-0.05, 0) is 11.8 Å². The lowest BCUT2D eigenvalue weighted by Gasteiger charge is -2.38. The average molecular weight is 215 g/mol. The minimum Gasteiger partial charge on any atom is -0.480 e. The van der Waals surface area contributed by atoms with Gasteiger partial charge in [0.2, 0.25) is 0 Å². The monoisotopic (exact) mass is 215 g/mol. The molecule has 1 heterocycles. The lowest BCUT2D eigenvalue weighted by Crippen LogP contribution is -2.54. The Kier molecular flexibility index (Phi) is 3.21. The number of carbonyl (C=O) groups is 2. The topological polar surface area (TPSA) is 66.8 Å². The van der Waals surface area contributed by atoms with E-state index in [4.69, 9.17) is 9.84 Å². The summed E-state index contributed by atoms with van der Waals surface area (Å²) in [4.78, 5) is 23.9. The molecule has 1 unspecified atom stereocenters. The minimum absolute atomic E-state index is 0.381. The Morgan fingerprint density at radius 3 is 2.53 bits per heavy atom. The number of aliphatic carboxylic acids is 1. The van der Waals surface area contributed by atoms with Crippen LogP contribution >= 0.6 is 0 Å². The second-order valence-electron chi connectivity index (χ2n) is 4.77. The Bertz CT molecular complexity index is 269. The van der Waals surface area contributed by atoms with Gasteiger partial charge in [0.1, 0.15) is 6.04 Å². The van der Waals surface area contributed by atoms with Crippen molar-refractivity contribution in [3.63, 3.8) is 0 Å². The largest absolute Gasteiger partial charge is 0.480 e. The molecule has 0 aliphatic carbocycles. The average Bonchev–Trinajstić information content (AvgIpc) is 2.05. The first-order chi connectivity index (χ1) is 6.84. The number of cyclic esters (lactones) is 1. The molecule has 1 aliphatic rings. The molecule has 1 rings (SSSR count). The zero-order valence-electron chi connectivity index (χ0n) is 9.32. The van der Waals surface area contributed by atoms with Crippen molar-refractivity contribution >= 4 is 12.1 Å². The summed E-state index contributed by atoms with van der Waals surface area (Å²) in [5, 5.41) is 9.13. The van der Waals surface area contributed by atoms with Gasteiger partial charge in [-0.25, -0.2) is 9.59 Å². The van der Waals surface area contributed by atoms with Crippen LogP contribution in [0.1, 0.15) is 27.2 Å². The van der Waals surface area contributed by atoms with Crippen molar-refractivity contribution < 1.29 is 19.4 Å². The van der Waals surface area contributed by atoms with E-state index in [1.165, 1.54) is 4.90 Å². The van der Waals surface area contributed by atoms with Crippen molar-refractivity contribution in [1.82, 2.24) is 4.90 Å². The first kappa shape index (κ1) is 11.8.